The highest BCUT2D eigenvalue weighted by atomic mass is 16.5. The maximum Gasteiger partial charge on any atom is 0.119 e. The quantitative estimate of drug-likeness (QED) is 0.670. The molecular formula is C10H16N2O. The number of nitrogens with two attached hydrogens (primary N) is 2. The van der Waals surface area contributed by atoms with Crippen molar-refractivity contribution in [2.45, 2.75) is 19.5 Å². The van der Waals surface area contributed by atoms with Crippen LogP contribution in [0.4, 0.5) is 0 Å². The van der Waals surface area contributed by atoms with Crippen molar-refractivity contribution >= 4 is 0 Å². The number of methoxy groups -OCH3 is 1. The lowest BCUT2D eigenvalue weighted by atomic mass is 10.0. The summed E-state index contributed by atoms with van der Waals surface area (Å²) in [6.07, 6.45) is 0. The maximum absolute atomic E-state index is 5.77. The van der Waals surface area contributed by atoms with E-state index in [0.717, 1.165) is 16.9 Å². The zero-order chi connectivity index (χ0) is 10.1. The first-order valence-electron chi connectivity index (χ1n) is 4.17. The zero-order valence-electron chi connectivity index (χ0n) is 8.29. The molecule has 72 valence electrons. The van der Waals surface area contributed by atoms with Gasteiger partial charge in [-0.15, -0.1) is 0 Å². The summed E-state index contributed by atoms with van der Waals surface area (Å²) in [4.78, 5) is 0. The Kier molecular flexibility index (Phi) is 2.59. The van der Waals surface area contributed by atoms with E-state index in [-0.39, 0.29) is 0 Å². The van der Waals surface area contributed by atoms with Gasteiger partial charge in [-0.1, -0.05) is 6.07 Å². The third kappa shape index (κ3) is 2.44. The van der Waals surface area contributed by atoms with Crippen LogP contribution >= 0.6 is 0 Å². The molecule has 3 heteroatoms. The second-order valence-electron chi connectivity index (χ2n) is 3.52. The molecule has 0 aromatic heterocycles. The Labute approximate surface area is 78.7 Å². The first-order chi connectivity index (χ1) is 5.93. The standard InChI is InChI=1S/C10H16N2O/c1-7-4-8(10(2,11)12)6-9(5-7)13-3/h4-6H,11-12H2,1-3H3. The fourth-order valence-corrected chi connectivity index (χ4v) is 1.18. The molecule has 1 aromatic rings. The Balaban J connectivity index is 3.16. The Morgan fingerprint density at radius 3 is 2.31 bits per heavy atom. The Bertz CT molecular complexity index is 302. The van der Waals surface area contributed by atoms with Crippen LogP contribution in [0.15, 0.2) is 18.2 Å². The van der Waals surface area contributed by atoms with E-state index in [9.17, 15) is 0 Å². The molecule has 1 rings (SSSR count). The van der Waals surface area contributed by atoms with E-state index < -0.39 is 5.66 Å². The van der Waals surface area contributed by atoms with Crippen molar-refractivity contribution in [1.29, 1.82) is 0 Å². The number of rotatable bonds is 2. The van der Waals surface area contributed by atoms with Crippen LogP contribution in [0, 0.1) is 6.92 Å². The fourth-order valence-electron chi connectivity index (χ4n) is 1.18. The van der Waals surface area contributed by atoms with Gasteiger partial charge in [0.15, 0.2) is 0 Å². The van der Waals surface area contributed by atoms with E-state index in [2.05, 4.69) is 0 Å². The van der Waals surface area contributed by atoms with Crippen LogP contribution in [-0.4, -0.2) is 7.11 Å². The summed E-state index contributed by atoms with van der Waals surface area (Å²) >= 11 is 0. The summed E-state index contributed by atoms with van der Waals surface area (Å²) in [6, 6.07) is 5.75. The average Bonchev–Trinajstić information content (AvgIpc) is 2.01. The van der Waals surface area contributed by atoms with E-state index in [1.165, 1.54) is 0 Å². The number of hydrogen-bond acceptors (Lipinski definition) is 3. The van der Waals surface area contributed by atoms with E-state index in [1.54, 1.807) is 14.0 Å². The summed E-state index contributed by atoms with van der Waals surface area (Å²) in [5.41, 5.74) is 12.7. The highest BCUT2D eigenvalue weighted by Gasteiger charge is 2.15. The van der Waals surface area contributed by atoms with Crippen LogP contribution in [0.1, 0.15) is 18.1 Å². The van der Waals surface area contributed by atoms with Gasteiger partial charge in [0.2, 0.25) is 0 Å². The molecule has 3 nitrogen and oxygen atoms in total. The zero-order valence-corrected chi connectivity index (χ0v) is 8.29. The van der Waals surface area contributed by atoms with E-state index >= 15 is 0 Å². The lowest BCUT2D eigenvalue weighted by Gasteiger charge is -2.20. The Morgan fingerprint density at radius 2 is 1.85 bits per heavy atom. The topological polar surface area (TPSA) is 61.3 Å². The molecule has 0 fully saturated rings. The third-order valence-corrected chi connectivity index (χ3v) is 1.91. The summed E-state index contributed by atoms with van der Waals surface area (Å²) in [5.74, 6) is 0.789. The molecule has 0 atom stereocenters. The van der Waals surface area contributed by atoms with Gasteiger partial charge >= 0.3 is 0 Å². The number of ether oxygens (including phenoxy) is 1. The first kappa shape index (κ1) is 10.0. The molecule has 4 N–H and O–H groups in total. The second-order valence-corrected chi connectivity index (χ2v) is 3.52. The molecule has 0 amide bonds. The molecule has 0 spiro atoms. The molecule has 0 aliphatic carbocycles. The van der Waals surface area contributed by atoms with Crippen LogP contribution < -0.4 is 16.2 Å². The van der Waals surface area contributed by atoms with Crippen molar-refractivity contribution in [2.24, 2.45) is 11.5 Å². The Morgan fingerprint density at radius 1 is 1.23 bits per heavy atom. The molecule has 0 heterocycles. The minimum Gasteiger partial charge on any atom is -0.497 e. The average molecular weight is 180 g/mol. The van der Waals surface area contributed by atoms with Gasteiger partial charge in [-0.05, 0) is 37.1 Å². The summed E-state index contributed by atoms with van der Waals surface area (Å²) in [5, 5.41) is 0. The molecule has 13 heavy (non-hydrogen) atoms. The minimum absolute atomic E-state index is 0.789. The summed E-state index contributed by atoms with van der Waals surface area (Å²) < 4.78 is 5.12. The summed E-state index contributed by atoms with van der Waals surface area (Å²) in [6.45, 7) is 3.75. The van der Waals surface area contributed by atoms with Gasteiger partial charge in [0.05, 0.1) is 12.8 Å². The van der Waals surface area contributed by atoms with Crippen molar-refractivity contribution in [3.63, 3.8) is 0 Å². The molecule has 0 aliphatic heterocycles. The molecular weight excluding hydrogens is 164 g/mol. The van der Waals surface area contributed by atoms with Gasteiger partial charge in [-0.25, -0.2) is 0 Å². The number of hydrogen-bond donors (Lipinski definition) is 2. The number of aryl methyl sites for hydroxylation is 1. The van der Waals surface area contributed by atoms with Gasteiger partial charge in [0.1, 0.15) is 5.75 Å². The Hall–Kier alpha value is -1.06. The monoisotopic (exact) mass is 180 g/mol. The fraction of sp³-hybridized carbons (Fsp3) is 0.400. The lowest BCUT2D eigenvalue weighted by molar-refractivity contribution is 0.411. The molecule has 0 unspecified atom stereocenters. The summed E-state index contributed by atoms with van der Waals surface area (Å²) in [7, 11) is 1.63. The van der Waals surface area contributed by atoms with Gasteiger partial charge < -0.3 is 16.2 Å². The highest BCUT2D eigenvalue weighted by molar-refractivity contribution is 5.36. The smallest absolute Gasteiger partial charge is 0.119 e. The van der Waals surface area contributed by atoms with Crippen LogP contribution in [0.25, 0.3) is 0 Å². The van der Waals surface area contributed by atoms with Crippen LogP contribution in [0.2, 0.25) is 0 Å². The molecule has 0 bridgehead atoms. The van der Waals surface area contributed by atoms with Gasteiger partial charge in [-0.3, -0.25) is 0 Å². The van der Waals surface area contributed by atoms with Crippen LogP contribution in [-0.2, 0) is 5.66 Å². The van der Waals surface area contributed by atoms with Crippen molar-refractivity contribution in [2.75, 3.05) is 7.11 Å². The van der Waals surface area contributed by atoms with Gasteiger partial charge in [-0.2, -0.15) is 0 Å². The maximum atomic E-state index is 5.77. The van der Waals surface area contributed by atoms with Crippen molar-refractivity contribution in [1.82, 2.24) is 0 Å². The van der Waals surface area contributed by atoms with Gasteiger partial charge in [0, 0.05) is 0 Å². The second kappa shape index (κ2) is 3.36. The normalized spacial score (nSPS) is 11.5. The van der Waals surface area contributed by atoms with E-state index in [4.69, 9.17) is 16.2 Å². The molecule has 0 saturated heterocycles. The van der Waals surface area contributed by atoms with Crippen LogP contribution in [0.5, 0.6) is 5.75 Å². The molecule has 1 aromatic carbocycles. The first-order valence-corrected chi connectivity index (χ1v) is 4.17. The molecule has 0 aliphatic rings. The van der Waals surface area contributed by atoms with E-state index in [1.807, 2.05) is 25.1 Å². The molecule has 0 radical (unpaired) electrons. The third-order valence-electron chi connectivity index (χ3n) is 1.91. The van der Waals surface area contributed by atoms with Crippen molar-refractivity contribution in [3.8, 4) is 5.75 Å². The lowest BCUT2D eigenvalue weighted by Crippen LogP contribution is -2.42. The van der Waals surface area contributed by atoms with Crippen molar-refractivity contribution < 1.29 is 4.74 Å². The predicted molar refractivity (Wildman–Crippen MR) is 53.5 cm³/mol. The van der Waals surface area contributed by atoms with E-state index in [0.29, 0.717) is 0 Å². The predicted octanol–water partition coefficient (Wildman–Crippen LogP) is 1.09. The number of benzene rings is 1. The van der Waals surface area contributed by atoms with Gasteiger partial charge in [0.25, 0.3) is 0 Å². The SMILES string of the molecule is COc1cc(C)cc(C(C)(N)N)c1. The highest BCUT2D eigenvalue weighted by Crippen LogP contribution is 2.21. The minimum atomic E-state index is -0.806. The molecule has 0 saturated carbocycles. The largest absolute Gasteiger partial charge is 0.497 e. The van der Waals surface area contributed by atoms with Crippen LogP contribution in [0.3, 0.4) is 0 Å². The van der Waals surface area contributed by atoms with Crippen molar-refractivity contribution in [3.05, 3.63) is 29.3 Å².